The summed E-state index contributed by atoms with van der Waals surface area (Å²) in [6, 6.07) is 6.50. The van der Waals surface area contributed by atoms with Crippen LogP contribution in [-0.2, 0) is 6.54 Å². The fourth-order valence-electron chi connectivity index (χ4n) is 2.88. The summed E-state index contributed by atoms with van der Waals surface area (Å²) in [5, 5.41) is 3.67. The fourth-order valence-corrected chi connectivity index (χ4v) is 2.88. The second-order valence-electron chi connectivity index (χ2n) is 5.45. The molecule has 0 aromatic carbocycles. The van der Waals surface area contributed by atoms with Crippen LogP contribution in [0.2, 0.25) is 0 Å². The van der Waals surface area contributed by atoms with E-state index in [1.165, 1.54) is 31.4 Å². The van der Waals surface area contributed by atoms with E-state index in [9.17, 15) is 0 Å². The van der Waals surface area contributed by atoms with Gasteiger partial charge in [0.05, 0.1) is 0 Å². The maximum atomic E-state index is 4.04. The lowest BCUT2D eigenvalue weighted by atomic mass is 10.2. The molecule has 3 rings (SSSR count). The molecule has 1 aromatic heterocycles. The number of pyridine rings is 1. The number of hydrogen-bond donors (Lipinski definition) is 1. The van der Waals surface area contributed by atoms with Crippen molar-refractivity contribution in [2.75, 3.05) is 6.54 Å². The molecule has 1 saturated carbocycles. The Labute approximate surface area is 103 Å². The first-order valence-electron chi connectivity index (χ1n) is 6.71. The molecule has 2 aliphatic rings. The van der Waals surface area contributed by atoms with Crippen LogP contribution in [0.1, 0.15) is 31.7 Å². The third kappa shape index (κ3) is 2.67. The first-order valence-corrected chi connectivity index (χ1v) is 6.71. The maximum absolute atomic E-state index is 4.04. The first-order chi connectivity index (χ1) is 8.33. The van der Waals surface area contributed by atoms with Crippen molar-refractivity contribution in [1.82, 2.24) is 15.2 Å². The van der Waals surface area contributed by atoms with Crippen LogP contribution in [0, 0.1) is 0 Å². The van der Waals surface area contributed by atoms with E-state index >= 15 is 0 Å². The molecule has 17 heavy (non-hydrogen) atoms. The smallest absolute Gasteiger partial charge is 0.0271 e. The Morgan fingerprint density at radius 2 is 2.12 bits per heavy atom. The molecule has 1 saturated heterocycles. The van der Waals surface area contributed by atoms with E-state index in [0.717, 1.165) is 18.6 Å². The van der Waals surface area contributed by atoms with E-state index in [2.05, 4.69) is 34.3 Å². The van der Waals surface area contributed by atoms with E-state index in [0.29, 0.717) is 6.04 Å². The van der Waals surface area contributed by atoms with Gasteiger partial charge in [-0.15, -0.1) is 0 Å². The molecule has 0 radical (unpaired) electrons. The number of hydrogen-bond acceptors (Lipinski definition) is 3. The highest BCUT2D eigenvalue weighted by molar-refractivity contribution is 5.09. The summed E-state index contributed by atoms with van der Waals surface area (Å²) in [6.07, 6.45) is 7.86. The zero-order valence-corrected chi connectivity index (χ0v) is 10.5. The number of aromatic nitrogens is 1. The van der Waals surface area contributed by atoms with Gasteiger partial charge in [-0.25, -0.2) is 0 Å². The van der Waals surface area contributed by atoms with Gasteiger partial charge in [-0.2, -0.15) is 0 Å². The molecule has 92 valence electrons. The molecule has 3 nitrogen and oxygen atoms in total. The minimum Gasteiger partial charge on any atom is -0.309 e. The van der Waals surface area contributed by atoms with Crippen LogP contribution < -0.4 is 5.32 Å². The first kappa shape index (κ1) is 11.2. The molecule has 1 aliphatic carbocycles. The number of likely N-dealkylation sites (tertiary alicyclic amines) is 1. The highest BCUT2D eigenvalue weighted by atomic mass is 15.3. The zero-order valence-electron chi connectivity index (χ0n) is 10.5. The van der Waals surface area contributed by atoms with Crippen molar-refractivity contribution in [1.29, 1.82) is 0 Å². The maximum Gasteiger partial charge on any atom is 0.0271 e. The normalized spacial score (nSPS) is 29.7. The molecule has 1 aliphatic heterocycles. The van der Waals surface area contributed by atoms with Crippen LogP contribution in [0.4, 0.5) is 0 Å². The third-order valence-electron chi connectivity index (χ3n) is 3.98. The molecular formula is C14H21N3. The quantitative estimate of drug-likeness (QED) is 0.856. The van der Waals surface area contributed by atoms with E-state index in [1.807, 2.05) is 12.4 Å². The zero-order chi connectivity index (χ0) is 11.7. The predicted molar refractivity (Wildman–Crippen MR) is 68.7 cm³/mol. The molecule has 0 amide bonds. The lowest BCUT2D eigenvalue weighted by Gasteiger charge is -2.19. The number of rotatable bonds is 4. The SMILES string of the molecule is CC1CC(NCc2ccncc2)CN1C1CC1. The van der Waals surface area contributed by atoms with Gasteiger partial charge in [0.1, 0.15) is 0 Å². The fraction of sp³-hybridized carbons (Fsp3) is 0.643. The lowest BCUT2D eigenvalue weighted by molar-refractivity contribution is 0.255. The average Bonchev–Trinajstić information content (AvgIpc) is 3.12. The summed E-state index contributed by atoms with van der Waals surface area (Å²) in [5.74, 6) is 0. The van der Waals surface area contributed by atoms with Crippen molar-refractivity contribution in [3.05, 3.63) is 30.1 Å². The van der Waals surface area contributed by atoms with Crippen LogP contribution in [0.5, 0.6) is 0 Å². The Balaban J connectivity index is 1.50. The predicted octanol–water partition coefficient (Wildman–Crippen LogP) is 1.80. The third-order valence-corrected chi connectivity index (χ3v) is 3.98. The molecule has 2 heterocycles. The van der Waals surface area contributed by atoms with Crippen LogP contribution in [0.25, 0.3) is 0 Å². The Kier molecular flexibility index (Phi) is 3.12. The highest BCUT2D eigenvalue weighted by Crippen LogP contribution is 2.33. The monoisotopic (exact) mass is 231 g/mol. The van der Waals surface area contributed by atoms with Gasteiger partial charge in [0.25, 0.3) is 0 Å². The summed E-state index contributed by atoms with van der Waals surface area (Å²) < 4.78 is 0. The van der Waals surface area contributed by atoms with Crippen LogP contribution >= 0.6 is 0 Å². The van der Waals surface area contributed by atoms with E-state index in [4.69, 9.17) is 0 Å². The summed E-state index contributed by atoms with van der Waals surface area (Å²) in [7, 11) is 0. The minimum atomic E-state index is 0.666. The highest BCUT2D eigenvalue weighted by Gasteiger charge is 2.38. The standard InChI is InChI=1S/C14H21N3/c1-11-8-13(10-17(11)14-2-3-14)16-9-12-4-6-15-7-5-12/h4-7,11,13-14,16H,2-3,8-10H2,1H3. The molecule has 0 spiro atoms. The number of nitrogens with one attached hydrogen (secondary N) is 1. The summed E-state index contributed by atoms with van der Waals surface area (Å²) in [6.45, 7) is 4.57. The molecule has 1 N–H and O–H groups in total. The number of nitrogens with zero attached hydrogens (tertiary/aromatic N) is 2. The average molecular weight is 231 g/mol. The molecule has 2 unspecified atom stereocenters. The van der Waals surface area contributed by atoms with Gasteiger partial charge >= 0.3 is 0 Å². The largest absolute Gasteiger partial charge is 0.309 e. The van der Waals surface area contributed by atoms with Crippen LogP contribution in [-0.4, -0.2) is 34.6 Å². The van der Waals surface area contributed by atoms with E-state index in [1.54, 1.807) is 0 Å². The van der Waals surface area contributed by atoms with Gasteiger partial charge in [0, 0.05) is 43.6 Å². The van der Waals surface area contributed by atoms with Gasteiger partial charge in [0.15, 0.2) is 0 Å². The van der Waals surface area contributed by atoms with E-state index < -0.39 is 0 Å². The van der Waals surface area contributed by atoms with Crippen LogP contribution in [0.3, 0.4) is 0 Å². The molecule has 1 aromatic rings. The Bertz CT molecular complexity index is 361. The van der Waals surface area contributed by atoms with Gasteiger partial charge in [-0.05, 0) is 43.9 Å². The van der Waals surface area contributed by atoms with Crippen LogP contribution in [0.15, 0.2) is 24.5 Å². The molecule has 2 fully saturated rings. The second kappa shape index (κ2) is 4.75. The van der Waals surface area contributed by atoms with Gasteiger partial charge in [-0.1, -0.05) is 0 Å². The van der Waals surface area contributed by atoms with Crippen molar-refractivity contribution >= 4 is 0 Å². The van der Waals surface area contributed by atoms with E-state index in [-0.39, 0.29) is 0 Å². The Morgan fingerprint density at radius 1 is 1.35 bits per heavy atom. The molecular weight excluding hydrogens is 210 g/mol. The summed E-state index contributed by atoms with van der Waals surface area (Å²) in [4.78, 5) is 6.73. The van der Waals surface area contributed by atoms with Gasteiger partial charge in [0.2, 0.25) is 0 Å². The Hall–Kier alpha value is -0.930. The lowest BCUT2D eigenvalue weighted by Crippen LogP contribution is -2.33. The Morgan fingerprint density at radius 3 is 2.82 bits per heavy atom. The van der Waals surface area contributed by atoms with Crippen molar-refractivity contribution in [3.63, 3.8) is 0 Å². The topological polar surface area (TPSA) is 28.2 Å². The van der Waals surface area contributed by atoms with Gasteiger partial charge in [-0.3, -0.25) is 9.88 Å². The van der Waals surface area contributed by atoms with Gasteiger partial charge < -0.3 is 5.32 Å². The van der Waals surface area contributed by atoms with Crippen molar-refractivity contribution < 1.29 is 0 Å². The molecule has 0 bridgehead atoms. The molecule has 2 atom stereocenters. The summed E-state index contributed by atoms with van der Waals surface area (Å²) >= 11 is 0. The summed E-state index contributed by atoms with van der Waals surface area (Å²) in [5.41, 5.74) is 1.33. The minimum absolute atomic E-state index is 0.666. The molecule has 3 heteroatoms. The van der Waals surface area contributed by atoms with Crippen molar-refractivity contribution in [2.45, 2.75) is 50.9 Å². The van der Waals surface area contributed by atoms with Crippen molar-refractivity contribution in [2.24, 2.45) is 0 Å². The second-order valence-corrected chi connectivity index (χ2v) is 5.45. The van der Waals surface area contributed by atoms with Crippen molar-refractivity contribution in [3.8, 4) is 0 Å².